The summed E-state index contributed by atoms with van der Waals surface area (Å²) in [5.74, 6) is 0.768. The third-order valence-electron chi connectivity index (χ3n) is 5.61. The summed E-state index contributed by atoms with van der Waals surface area (Å²) < 4.78 is 0. The van der Waals surface area contributed by atoms with Crippen LogP contribution in [-0.4, -0.2) is 0 Å². The van der Waals surface area contributed by atoms with E-state index >= 15 is 0 Å². The van der Waals surface area contributed by atoms with Gasteiger partial charge in [0.05, 0.1) is 0 Å². The van der Waals surface area contributed by atoms with Crippen molar-refractivity contribution >= 4 is 0 Å². The summed E-state index contributed by atoms with van der Waals surface area (Å²) in [6, 6.07) is 0. The van der Waals surface area contributed by atoms with E-state index in [9.17, 15) is 0 Å². The van der Waals surface area contributed by atoms with Crippen LogP contribution in [0.3, 0.4) is 0 Å². The average molecular weight is 333 g/mol. The van der Waals surface area contributed by atoms with Crippen molar-refractivity contribution in [1.82, 2.24) is 0 Å². The topological polar surface area (TPSA) is 0 Å². The van der Waals surface area contributed by atoms with Crippen molar-refractivity contribution in [1.29, 1.82) is 0 Å². The SMILES string of the molecule is CCCCCCCCCCC1CC(C(C)(C)C)=CC=C1C(C)(C)C. The molecule has 0 saturated heterocycles. The number of unbranched alkanes of at least 4 members (excludes halogenated alkanes) is 7. The molecule has 0 amide bonds. The Morgan fingerprint density at radius 1 is 0.750 bits per heavy atom. The molecular formula is C24H44. The fourth-order valence-corrected chi connectivity index (χ4v) is 3.97. The van der Waals surface area contributed by atoms with Crippen molar-refractivity contribution in [2.75, 3.05) is 0 Å². The van der Waals surface area contributed by atoms with E-state index in [2.05, 4.69) is 60.6 Å². The molecule has 24 heavy (non-hydrogen) atoms. The number of hydrogen-bond acceptors (Lipinski definition) is 0. The van der Waals surface area contributed by atoms with Gasteiger partial charge in [-0.25, -0.2) is 0 Å². The number of hydrogen-bond donors (Lipinski definition) is 0. The van der Waals surface area contributed by atoms with E-state index in [0.717, 1.165) is 5.92 Å². The van der Waals surface area contributed by atoms with Crippen LogP contribution >= 0.6 is 0 Å². The molecule has 0 heteroatoms. The van der Waals surface area contributed by atoms with Crippen molar-refractivity contribution in [2.45, 2.75) is 113 Å². The normalized spacial score (nSPS) is 19.2. The molecule has 0 spiro atoms. The van der Waals surface area contributed by atoms with Crippen molar-refractivity contribution in [3.05, 3.63) is 23.3 Å². The number of allylic oxidation sites excluding steroid dienone is 4. The van der Waals surface area contributed by atoms with Gasteiger partial charge < -0.3 is 0 Å². The Kier molecular flexibility index (Phi) is 8.82. The maximum Gasteiger partial charge on any atom is -0.0157 e. The first-order valence-corrected chi connectivity index (χ1v) is 10.6. The van der Waals surface area contributed by atoms with Gasteiger partial charge in [0.1, 0.15) is 0 Å². The molecule has 0 heterocycles. The maximum atomic E-state index is 2.46. The summed E-state index contributed by atoms with van der Waals surface area (Å²) in [7, 11) is 0. The molecule has 0 aromatic rings. The largest absolute Gasteiger partial charge is 0.0654 e. The second kappa shape index (κ2) is 9.83. The number of rotatable bonds is 9. The maximum absolute atomic E-state index is 2.46. The molecule has 0 N–H and O–H groups in total. The lowest BCUT2D eigenvalue weighted by Crippen LogP contribution is -2.24. The molecule has 0 aliphatic heterocycles. The molecule has 0 nitrogen and oxygen atoms in total. The molecular weight excluding hydrogens is 288 g/mol. The lowest BCUT2D eigenvalue weighted by Gasteiger charge is -2.37. The van der Waals surface area contributed by atoms with Gasteiger partial charge in [-0.3, -0.25) is 0 Å². The molecule has 1 rings (SSSR count). The molecule has 0 aromatic heterocycles. The molecule has 1 aliphatic carbocycles. The van der Waals surface area contributed by atoms with Gasteiger partial charge in [-0.2, -0.15) is 0 Å². The summed E-state index contributed by atoms with van der Waals surface area (Å²) in [6.07, 6.45) is 18.9. The highest BCUT2D eigenvalue weighted by atomic mass is 14.4. The van der Waals surface area contributed by atoms with Crippen LogP contribution in [0.15, 0.2) is 23.3 Å². The Labute approximate surface area is 153 Å². The molecule has 1 atom stereocenters. The van der Waals surface area contributed by atoms with Crippen LogP contribution in [0, 0.1) is 16.7 Å². The average Bonchev–Trinajstić information content (AvgIpc) is 2.48. The van der Waals surface area contributed by atoms with E-state index in [1.807, 2.05) is 0 Å². The molecule has 0 aromatic carbocycles. The highest BCUT2D eigenvalue weighted by Gasteiger charge is 2.30. The fourth-order valence-electron chi connectivity index (χ4n) is 3.97. The minimum absolute atomic E-state index is 0.310. The summed E-state index contributed by atoms with van der Waals surface area (Å²) in [6.45, 7) is 16.5. The molecule has 0 radical (unpaired) electrons. The van der Waals surface area contributed by atoms with E-state index in [4.69, 9.17) is 0 Å². The lowest BCUT2D eigenvalue weighted by atomic mass is 9.68. The first-order chi connectivity index (χ1) is 11.2. The van der Waals surface area contributed by atoms with E-state index in [-0.39, 0.29) is 0 Å². The van der Waals surface area contributed by atoms with Crippen molar-refractivity contribution in [3.8, 4) is 0 Å². The van der Waals surface area contributed by atoms with E-state index < -0.39 is 0 Å². The van der Waals surface area contributed by atoms with Gasteiger partial charge in [0.25, 0.3) is 0 Å². The highest BCUT2D eigenvalue weighted by molar-refractivity contribution is 5.32. The van der Waals surface area contributed by atoms with Gasteiger partial charge in [0, 0.05) is 0 Å². The van der Waals surface area contributed by atoms with Crippen molar-refractivity contribution < 1.29 is 0 Å². The van der Waals surface area contributed by atoms with Crippen LogP contribution in [0.4, 0.5) is 0 Å². The Hall–Kier alpha value is -0.520. The molecule has 0 fully saturated rings. The Morgan fingerprint density at radius 3 is 1.79 bits per heavy atom. The van der Waals surface area contributed by atoms with Gasteiger partial charge in [0.15, 0.2) is 0 Å². The predicted molar refractivity (Wildman–Crippen MR) is 110 cm³/mol. The molecule has 0 saturated carbocycles. The first-order valence-electron chi connectivity index (χ1n) is 10.6. The Balaban J connectivity index is 2.47. The standard InChI is InChI=1S/C24H44/c1-8-9-10-11-12-13-14-15-16-20-19-21(23(2,3)4)17-18-22(20)24(5,6)7/h17-18,20H,8-16,19H2,1-7H3. The lowest BCUT2D eigenvalue weighted by molar-refractivity contribution is 0.361. The van der Waals surface area contributed by atoms with E-state index in [1.165, 1.54) is 64.2 Å². The van der Waals surface area contributed by atoms with Crippen molar-refractivity contribution in [3.63, 3.8) is 0 Å². The zero-order valence-electron chi connectivity index (χ0n) is 17.8. The second-order valence-electron chi connectivity index (χ2n) is 9.98. The molecule has 0 bridgehead atoms. The van der Waals surface area contributed by atoms with Crippen LogP contribution in [-0.2, 0) is 0 Å². The fraction of sp³-hybridized carbons (Fsp3) is 0.833. The van der Waals surface area contributed by atoms with Gasteiger partial charge in [-0.1, -0.05) is 123 Å². The minimum Gasteiger partial charge on any atom is -0.0654 e. The van der Waals surface area contributed by atoms with Gasteiger partial charge in [0.2, 0.25) is 0 Å². The Bertz CT molecular complexity index is 408. The predicted octanol–water partition coefficient (Wildman–Crippen LogP) is 8.48. The zero-order valence-corrected chi connectivity index (χ0v) is 17.8. The third kappa shape index (κ3) is 7.58. The molecule has 1 unspecified atom stereocenters. The summed E-state index contributed by atoms with van der Waals surface area (Å²) in [4.78, 5) is 0. The minimum atomic E-state index is 0.310. The van der Waals surface area contributed by atoms with Crippen LogP contribution in [0.25, 0.3) is 0 Å². The Morgan fingerprint density at radius 2 is 1.29 bits per heavy atom. The summed E-state index contributed by atoms with van der Waals surface area (Å²) in [5.41, 5.74) is 3.95. The van der Waals surface area contributed by atoms with E-state index in [0.29, 0.717) is 10.8 Å². The van der Waals surface area contributed by atoms with Crippen LogP contribution in [0.5, 0.6) is 0 Å². The molecule has 1 aliphatic rings. The summed E-state index contributed by atoms with van der Waals surface area (Å²) >= 11 is 0. The summed E-state index contributed by atoms with van der Waals surface area (Å²) in [5, 5.41) is 0. The van der Waals surface area contributed by atoms with Gasteiger partial charge in [-0.15, -0.1) is 0 Å². The molecule has 140 valence electrons. The van der Waals surface area contributed by atoms with Crippen molar-refractivity contribution in [2.24, 2.45) is 16.7 Å². The van der Waals surface area contributed by atoms with Crippen LogP contribution < -0.4 is 0 Å². The monoisotopic (exact) mass is 332 g/mol. The van der Waals surface area contributed by atoms with Gasteiger partial charge in [-0.05, 0) is 29.6 Å². The van der Waals surface area contributed by atoms with Crippen LogP contribution in [0.2, 0.25) is 0 Å². The smallest absolute Gasteiger partial charge is 0.0157 e. The van der Waals surface area contributed by atoms with E-state index in [1.54, 1.807) is 11.1 Å². The van der Waals surface area contributed by atoms with Gasteiger partial charge >= 0.3 is 0 Å². The first kappa shape index (κ1) is 21.5. The second-order valence-corrected chi connectivity index (χ2v) is 9.98. The van der Waals surface area contributed by atoms with Crippen LogP contribution in [0.1, 0.15) is 113 Å². The quantitative estimate of drug-likeness (QED) is 0.371. The highest BCUT2D eigenvalue weighted by Crippen LogP contribution is 2.43. The zero-order chi connectivity index (χ0) is 18.2. The third-order valence-corrected chi connectivity index (χ3v) is 5.61.